The van der Waals surface area contributed by atoms with Gasteiger partial charge in [-0.15, -0.1) is 0 Å². The summed E-state index contributed by atoms with van der Waals surface area (Å²) in [4.78, 5) is 0. The molecular formula is C17H26BrN. The highest BCUT2D eigenvalue weighted by Crippen LogP contribution is 2.28. The van der Waals surface area contributed by atoms with E-state index < -0.39 is 0 Å². The van der Waals surface area contributed by atoms with Crippen LogP contribution in [0.1, 0.15) is 56.6 Å². The molecule has 1 aliphatic carbocycles. The van der Waals surface area contributed by atoms with E-state index in [4.69, 9.17) is 0 Å². The van der Waals surface area contributed by atoms with Gasteiger partial charge in [0.15, 0.2) is 0 Å². The highest BCUT2D eigenvalue weighted by Gasteiger charge is 2.21. The van der Waals surface area contributed by atoms with Crippen molar-refractivity contribution < 1.29 is 0 Å². The molecule has 1 aromatic carbocycles. The van der Waals surface area contributed by atoms with E-state index in [0.29, 0.717) is 6.04 Å². The van der Waals surface area contributed by atoms with Crippen LogP contribution in [-0.4, -0.2) is 6.04 Å². The lowest BCUT2D eigenvalue weighted by atomic mass is 9.83. The maximum absolute atomic E-state index is 3.78. The molecule has 0 radical (unpaired) electrons. The normalized spacial score (nSPS) is 18.5. The van der Waals surface area contributed by atoms with Crippen LogP contribution in [0.3, 0.4) is 0 Å². The van der Waals surface area contributed by atoms with Crippen LogP contribution in [0.2, 0.25) is 0 Å². The van der Waals surface area contributed by atoms with Gasteiger partial charge in [-0.2, -0.15) is 0 Å². The summed E-state index contributed by atoms with van der Waals surface area (Å²) >= 11 is 3.62. The van der Waals surface area contributed by atoms with Crippen LogP contribution in [0.4, 0.5) is 0 Å². The van der Waals surface area contributed by atoms with Crippen molar-refractivity contribution in [1.29, 1.82) is 0 Å². The Morgan fingerprint density at radius 1 is 1.26 bits per heavy atom. The minimum absolute atomic E-state index is 0.695. The predicted octanol–water partition coefficient (Wildman–Crippen LogP) is 5.21. The van der Waals surface area contributed by atoms with E-state index in [1.54, 1.807) is 0 Å². The number of benzene rings is 1. The Hall–Kier alpha value is -0.340. The molecule has 0 aromatic heterocycles. The lowest BCUT2D eigenvalue weighted by Crippen LogP contribution is -2.36. The molecule has 0 heterocycles. The van der Waals surface area contributed by atoms with E-state index in [-0.39, 0.29) is 0 Å². The first-order valence-electron chi connectivity index (χ1n) is 7.69. The standard InChI is InChI=1S/C17H26BrN/c1-3-17(15-7-5-4-6-8-15)19-12-14-10-9-13(2)16(18)11-14/h9-11,15,17,19H,3-8,12H2,1-2H3. The van der Waals surface area contributed by atoms with Gasteiger partial charge < -0.3 is 5.32 Å². The maximum atomic E-state index is 3.78. The summed E-state index contributed by atoms with van der Waals surface area (Å²) in [6.07, 6.45) is 8.39. The summed E-state index contributed by atoms with van der Waals surface area (Å²) in [7, 11) is 0. The first-order valence-corrected chi connectivity index (χ1v) is 8.48. The molecule has 0 aliphatic heterocycles. The molecule has 106 valence electrons. The van der Waals surface area contributed by atoms with Gasteiger partial charge in [-0.25, -0.2) is 0 Å². The molecule has 2 rings (SSSR count). The summed E-state index contributed by atoms with van der Waals surface area (Å²) in [5.41, 5.74) is 2.69. The largest absolute Gasteiger partial charge is 0.310 e. The fourth-order valence-electron chi connectivity index (χ4n) is 3.18. The fourth-order valence-corrected chi connectivity index (χ4v) is 3.60. The third-order valence-corrected chi connectivity index (χ3v) is 5.32. The van der Waals surface area contributed by atoms with Crippen LogP contribution in [0.5, 0.6) is 0 Å². The summed E-state index contributed by atoms with van der Waals surface area (Å²) in [5.74, 6) is 0.896. The van der Waals surface area contributed by atoms with Gasteiger partial charge in [-0.1, -0.05) is 54.2 Å². The van der Waals surface area contributed by atoms with Crippen molar-refractivity contribution in [3.8, 4) is 0 Å². The minimum Gasteiger partial charge on any atom is -0.310 e. The predicted molar refractivity (Wildman–Crippen MR) is 86.4 cm³/mol. The summed E-state index contributed by atoms with van der Waals surface area (Å²) < 4.78 is 1.22. The lowest BCUT2D eigenvalue weighted by Gasteiger charge is -2.30. The van der Waals surface area contributed by atoms with E-state index in [0.717, 1.165) is 12.5 Å². The molecule has 1 fully saturated rings. The molecule has 1 nitrogen and oxygen atoms in total. The Labute approximate surface area is 126 Å². The molecule has 0 amide bonds. The van der Waals surface area contributed by atoms with Gasteiger partial charge in [0.05, 0.1) is 0 Å². The number of rotatable bonds is 5. The fraction of sp³-hybridized carbons (Fsp3) is 0.647. The van der Waals surface area contributed by atoms with Crippen LogP contribution in [0.25, 0.3) is 0 Å². The van der Waals surface area contributed by atoms with Gasteiger partial charge in [0.1, 0.15) is 0 Å². The Morgan fingerprint density at radius 3 is 2.63 bits per heavy atom. The molecule has 1 aromatic rings. The second-order valence-corrected chi connectivity index (χ2v) is 6.73. The molecule has 0 bridgehead atoms. The second-order valence-electron chi connectivity index (χ2n) is 5.88. The molecule has 0 spiro atoms. The van der Waals surface area contributed by atoms with E-state index in [1.807, 2.05) is 0 Å². The van der Waals surface area contributed by atoms with Crippen LogP contribution < -0.4 is 5.32 Å². The Kier molecular flexibility index (Phi) is 5.90. The van der Waals surface area contributed by atoms with Crippen LogP contribution >= 0.6 is 15.9 Å². The molecular weight excluding hydrogens is 298 g/mol. The van der Waals surface area contributed by atoms with Crippen molar-refractivity contribution in [2.24, 2.45) is 5.92 Å². The number of nitrogens with one attached hydrogen (secondary N) is 1. The first kappa shape index (κ1) is 15.1. The molecule has 1 unspecified atom stereocenters. The summed E-state index contributed by atoms with van der Waals surface area (Å²) in [6.45, 7) is 5.45. The highest BCUT2D eigenvalue weighted by atomic mass is 79.9. The van der Waals surface area contributed by atoms with Crippen LogP contribution in [0.15, 0.2) is 22.7 Å². The zero-order chi connectivity index (χ0) is 13.7. The quantitative estimate of drug-likeness (QED) is 0.784. The van der Waals surface area contributed by atoms with Crippen molar-refractivity contribution in [2.75, 3.05) is 0 Å². The molecule has 1 N–H and O–H groups in total. The van der Waals surface area contributed by atoms with E-state index in [1.165, 1.54) is 54.1 Å². The van der Waals surface area contributed by atoms with E-state index in [2.05, 4.69) is 53.3 Å². The first-order chi connectivity index (χ1) is 9.20. The van der Waals surface area contributed by atoms with Gasteiger partial charge >= 0.3 is 0 Å². The minimum atomic E-state index is 0.695. The van der Waals surface area contributed by atoms with Crippen molar-refractivity contribution >= 4 is 15.9 Å². The van der Waals surface area contributed by atoms with Gasteiger partial charge in [-0.05, 0) is 49.3 Å². The van der Waals surface area contributed by atoms with Crippen molar-refractivity contribution in [3.63, 3.8) is 0 Å². The Morgan fingerprint density at radius 2 is 2.00 bits per heavy atom. The molecule has 1 atom stereocenters. The average molecular weight is 324 g/mol. The second kappa shape index (κ2) is 7.44. The van der Waals surface area contributed by atoms with Crippen molar-refractivity contribution in [2.45, 2.75) is 65.0 Å². The number of hydrogen-bond acceptors (Lipinski definition) is 1. The smallest absolute Gasteiger partial charge is 0.0208 e. The van der Waals surface area contributed by atoms with Crippen LogP contribution in [0, 0.1) is 12.8 Å². The molecule has 1 saturated carbocycles. The van der Waals surface area contributed by atoms with Gasteiger partial charge in [0.2, 0.25) is 0 Å². The Balaban J connectivity index is 1.89. The summed E-state index contributed by atoms with van der Waals surface area (Å²) in [5, 5.41) is 3.78. The molecule has 19 heavy (non-hydrogen) atoms. The zero-order valence-electron chi connectivity index (χ0n) is 12.2. The molecule has 0 saturated heterocycles. The lowest BCUT2D eigenvalue weighted by molar-refractivity contribution is 0.261. The van der Waals surface area contributed by atoms with E-state index >= 15 is 0 Å². The highest BCUT2D eigenvalue weighted by molar-refractivity contribution is 9.10. The Bertz CT molecular complexity index is 396. The van der Waals surface area contributed by atoms with Crippen molar-refractivity contribution in [3.05, 3.63) is 33.8 Å². The van der Waals surface area contributed by atoms with Gasteiger partial charge in [-0.3, -0.25) is 0 Å². The SMILES string of the molecule is CCC(NCc1ccc(C)c(Br)c1)C1CCCCC1. The van der Waals surface area contributed by atoms with E-state index in [9.17, 15) is 0 Å². The number of hydrogen-bond donors (Lipinski definition) is 1. The van der Waals surface area contributed by atoms with Gasteiger partial charge in [0.25, 0.3) is 0 Å². The number of halogens is 1. The van der Waals surface area contributed by atoms with Crippen molar-refractivity contribution in [1.82, 2.24) is 5.32 Å². The van der Waals surface area contributed by atoms with Gasteiger partial charge in [0, 0.05) is 17.1 Å². The zero-order valence-corrected chi connectivity index (χ0v) is 13.8. The monoisotopic (exact) mass is 323 g/mol. The molecule has 1 aliphatic rings. The average Bonchev–Trinajstić information content (AvgIpc) is 2.44. The third kappa shape index (κ3) is 4.32. The summed E-state index contributed by atoms with van der Waals surface area (Å²) in [6, 6.07) is 7.37. The third-order valence-electron chi connectivity index (χ3n) is 4.46. The van der Waals surface area contributed by atoms with Crippen LogP contribution in [-0.2, 0) is 6.54 Å². The molecule has 2 heteroatoms. The topological polar surface area (TPSA) is 12.0 Å². The number of aryl methyl sites for hydroxylation is 1. The maximum Gasteiger partial charge on any atom is 0.0208 e.